The summed E-state index contributed by atoms with van der Waals surface area (Å²) in [4.78, 5) is 21.2. The van der Waals surface area contributed by atoms with Crippen molar-refractivity contribution in [1.29, 1.82) is 0 Å². The van der Waals surface area contributed by atoms with E-state index in [0.29, 0.717) is 21.6 Å². The second-order valence-electron chi connectivity index (χ2n) is 4.64. The Bertz CT molecular complexity index is 707. The number of methoxy groups -OCH3 is 1. The van der Waals surface area contributed by atoms with E-state index in [1.165, 1.54) is 18.4 Å². The third-order valence-corrected chi connectivity index (χ3v) is 3.87. The third kappa shape index (κ3) is 3.99. The number of nitrogens with zero attached hydrogens (tertiary/aromatic N) is 2. The Balaban J connectivity index is 2.14. The van der Waals surface area contributed by atoms with Crippen LogP contribution in [0.3, 0.4) is 0 Å². The lowest BCUT2D eigenvalue weighted by molar-refractivity contribution is 0.0602. The number of rotatable bonds is 3. The number of carbonyl (C=O) groups excluding carboxylic acids is 1. The molecular weight excluding hydrogens is 320 g/mol. The topological polar surface area (TPSA) is 76.1 Å². The molecule has 0 saturated heterocycles. The molecule has 8 heteroatoms. The molecule has 0 aliphatic rings. The Morgan fingerprint density at radius 2 is 1.82 bits per heavy atom. The minimum Gasteiger partial charge on any atom is -0.465 e. The molecule has 0 unspecified atom stereocenters. The van der Waals surface area contributed by atoms with Gasteiger partial charge in [-0.05, 0) is 45.1 Å². The maximum Gasteiger partial charge on any atom is 0.340 e. The third-order valence-electron chi connectivity index (χ3n) is 2.70. The number of ether oxygens (including phenoxy) is 1. The number of aryl methyl sites for hydroxylation is 3. The summed E-state index contributed by atoms with van der Waals surface area (Å²) in [7, 11) is 1.35. The van der Waals surface area contributed by atoms with Crippen LogP contribution in [0.15, 0.2) is 12.1 Å². The molecule has 22 heavy (non-hydrogen) atoms. The Kier molecular flexibility index (Phi) is 5.04. The van der Waals surface area contributed by atoms with Gasteiger partial charge in [-0.15, -0.1) is 11.3 Å². The summed E-state index contributed by atoms with van der Waals surface area (Å²) in [5.41, 5.74) is 2.15. The molecule has 2 aromatic rings. The molecule has 2 aromatic heterocycles. The number of hydrogen-bond acceptors (Lipinski definition) is 6. The quantitative estimate of drug-likeness (QED) is 0.659. The molecule has 0 atom stereocenters. The standard InChI is InChI=1S/C14H16N4O2S2/c1-7-5-8(2)16-13(15-7)18-14(21)17-11-10(12(19)20-4)6-9(3)22-11/h5-6H,1-4H3,(H2,15,16,17,18,21). The van der Waals surface area contributed by atoms with Gasteiger partial charge in [0.1, 0.15) is 5.00 Å². The Morgan fingerprint density at radius 1 is 1.18 bits per heavy atom. The molecule has 0 aromatic carbocycles. The lowest BCUT2D eigenvalue weighted by Crippen LogP contribution is -2.21. The summed E-state index contributed by atoms with van der Waals surface area (Å²) in [6.07, 6.45) is 0. The predicted octanol–water partition coefficient (Wildman–Crippen LogP) is 3.06. The molecule has 2 N–H and O–H groups in total. The van der Waals surface area contributed by atoms with Crippen LogP contribution >= 0.6 is 23.6 Å². The molecule has 0 fully saturated rings. The molecule has 6 nitrogen and oxygen atoms in total. The number of thiophene rings is 1. The van der Waals surface area contributed by atoms with Crippen molar-refractivity contribution in [2.24, 2.45) is 0 Å². The van der Waals surface area contributed by atoms with Gasteiger partial charge in [-0.3, -0.25) is 0 Å². The number of aromatic nitrogens is 2. The second-order valence-corrected chi connectivity index (χ2v) is 6.31. The minimum atomic E-state index is -0.405. The average molecular weight is 336 g/mol. The van der Waals surface area contributed by atoms with Gasteiger partial charge in [-0.25, -0.2) is 14.8 Å². The average Bonchev–Trinajstić information content (AvgIpc) is 2.77. The minimum absolute atomic E-state index is 0.317. The van der Waals surface area contributed by atoms with Crippen molar-refractivity contribution >= 4 is 45.6 Å². The fraction of sp³-hybridized carbons (Fsp3) is 0.286. The van der Waals surface area contributed by atoms with Crippen LogP contribution in [0.25, 0.3) is 0 Å². The molecule has 0 amide bonds. The summed E-state index contributed by atoms with van der Waals surface area (Å²) in [5, 5.41) is 6.86. The molecule has 0 aliphatic carbocycles. The van der Waals surface area contributed by atoms with Gasteiger partial charge in [-0.1, -0.05) is 0 Å². The summed E-state index contributed by atoms with van der Waals surface area (Å²) >= 11 is 6.67. The highest BCUT2D eigenvalue weighted by atomic mass is 32.1. The van der Waals surface area contributed by atoms with E-state index in [9.17, 15) is 4.79 Å². The van der Waals surface area contributed by atoms with E-state index in [2.05, 4.69) is 20.6 Å². The van der Waals surface area contributed by atoms with Crippen molar-refractivity contribution < 1.29 is 9.53 Å². The molecule has 0 spiro atoms. The van der Waals surface area contributed by atoms with Crippen LogP contribution in [0, 0.1) is 20.8 Å². The van der Waals surface area contributed by atoms with E-state index in [1.54, 1.807) is 6.07 Å². The van der Waals surface area contributed by atoms with Crippen LogP contribution in [0.1, 0.15) is 26.6 Å². The molecule has 0 saturated carbocycles. The smallest absolute Gasteiger partial charge is 0.340 e. The number of thiocarbonyl (C=S) groups is 1. The predicted molar refractivity (Wildman–Crippen MR) is 91.7 cm³/mol. The van der Waals surface area contributed by atoms with Crippen LogP contribution < -0.4 is 10.6 Å². The normalized spacial score (nSPS) is 10.2. The van der Waals surface area contributed by atoms with Gasteiger partial charge in [0, 0.05) is 16.3 Å². The summed E-state index contributed by atoms with van der Waals surface area (Å²) in [6.45, 7) is 5.68. The summed E-state index contributed by atoms with van der Waals surface area (Å²) < 4.78 is 4.76. The lowest BCUT2D eigenvalue weighted by atomic mass is 10.3. The number of esters is 1. The first-order chi connectivity index (χ1) is 10.4. The van der Waals surface area contributed by atoms with E-state index in [0.717, 1.165) is 16.3 Å². The lowest BCUT2D eigenvalue weighted by Gasteiger charge is -2.10. The van der Waals surface area contributed by atoms with Gasteiger partial charge in [-0.2, -0.15) is 0 Å². The molecule has 0 aliphatic heterocycles. The van der Waals surface area contributed by atoms with Crippen molar-refractivity contribution in [2.45, 2.75) is 20.8 Å². The molecule has 2 heterocycles. The Hall–Kier alpha value is -2.06. The number of anilines is 2. The maximum atomic E-state index is 11.7. The van der Waals surface area contributed by atoms with E-state index in [-0.39, 0.29) is 0 Å². The van der Waals surface area contributed by atoms with Crippen molar-refractivity contribution in [3.8, 4) is 0 Å². The van der Waals surface area contributed by atoms with Crippen molar-refractivity contribution in [3.63, 3.8) is 0 Å². The first kappa shape index (κ1) is 16.3. The molecule has 116 valence electrons. The van der Waals surface area contributed by atoms with Crippen LogP contribution in [0.5, 0.6) is 0 Å². The highest BCUT2D eigenvalue weighted by Gasteiger charge is 2.16. The number of nitrogens with one attached hydrogen (secondary N) is 2. The number of hydrogen-bond donors (Lipinski definition) is 2. The monoisotopic (exact) mass is 336 g/mol. The van der Waals surface area contributed by atoms with E-state index in [1.807, 2.05) is 26.8 Å². The second kappa shape index (κ2) is 6.80. The first-order valence-corrected chi connectivity index (χ1v) is 7.70. The van der Waals surface area contributed by atoms with Crippen LogP contribution in [-0.4, -0.2) is 28.2 Å². The van der Waals surface area contributed by atoms with Crippen molar-refractivity contribution in [2.75, 3.05) is 17.7 Å². The van der Waals surface area contributed by atoms with Gasteiger partial charge in [0.2, 0.25) is 5.95 Å². The van der Waals surface area contributed by atoms with Gasteiger partial charge in [0.15, 0.2) is 5.11 Å². The molecule has 0 radical (unpaired) electrons. The van der Waals surface area contributed by atoms with E-state index < -0.39 is 5.97 Å². The zero-order chi connectivity index (χ0) is 16.3. The zero-order valence-electron chi connectivity index (χ0n) is 12.7. The Morgan fingerprint density at radius 3 is 2.41 bits per heavy atom. The highest BCUT2D eigenvalue weighted by Crippen LogP contribution is 2.28. The van der Waals surface area contributed by atoms with E-state index >= 15 is 0 Å². The van der Waals surface area contributed by atoms with Gasteiger partial charge in [0.25, 0.3) is 0 Å². The number of carbonyl (C=O) groups is 1. The van der Waals surface area contributed by atoms with Crippen molar-refractivity contribution in [1.82, 2.24) is 9.97 Å². The fourth-order valence-corrected chi connectivity index (χ4v) is 3.05. The van der Waals surface area contributed by atoms with Crippen molar-refractivity contribution in [3.05, 3.63) is 34.0 Å². The molecule has 0 bridgehead atoms. The van der Waals surface area contributed by atoms with Gasteiger partial charge in [0.05, 0.1) is 12.7 Å². The summed E-state index contributed by atoms with van der Waals surface area (Å²) in [5.74, 6) is 0.0141. The molecular formula is C14H16N4O2S2. The largest absolute Gasteiger partial charge is 0.465 e. The van der Waals surface area contributed by atoms with Crippen LogP contribution in [-0.2, 0) is 4.74 Å². The first-order valence-electron chi connectivity index (χ1n) is 6.48. The van der Waals surface area contributed by atoms with Crippen LogP contribution in [0.2, 0.25) is 0 Å². The SMILES string of the molecule is COC(=O)c1cc(C)sc1NC(=S)Nc1nc(C)cc(C)n1. The van der Waals surface area contributed by atoms with Crippen LogP contribution in [0.4, 0.5) is 10.9 Å². The van der Waals surface area contributed by atoms with Gasteiger partial charge >= 0.3 is 5.97 Å². The Labute approximate surface area is 137 Å². The fourth-order valence-electron chi connectivity index (χ4n) is 1.89. The highest BCUT2D eigenvalue weighted by molar-refractivity contribution is 7.80. The van der Waals surface area contributed by atoms with Gasteiger partial charge < -0.3 is 15.4 Å². The molecule has 2 rings (SSSR count). The van der Waals surface area contributed by atoms with E-state index in [4.69, 9.17) is 17.0 Å². The maximum absolute atomic E-state index is 11.7. The zero-order valence-corrected chi connectivity index (χ0v) is 14.3. The summed E-state index contributed by atoms with van der Waals surface area (Å²) in [6, 6.07) is 3.63.